The number of pyridine rings is 1. The fourth-order valence-electron chi connectivity index (χ4n) is 2.72. The molecule has 0 spiro atoms. The van der Waals surface area contributed by atoms with Gasteiger partial charge in [0.1, 0.15) is 0 Å². The molecule has 0 unspecified atom stereocenters. The molecule has 0 aliphatic carbocycles. The molecule has 130 valence electrons. The molecule has 0 saturated heterocycles. The largest absolute Gasteiger partial charge is 0.351 e. The third-order valence-corrected chi connectivity index (χ3v) is 3.95. The Kier molecular flexibility index (Phi) is 6.51. The maximum Gasteiger partial charge on any atom is 0.253 e. The lowest BCUT2D eigenvalue weighted by Gasteiger charge is -2.12. The summed E-state index contributed by atoms with van der Waals surface area (Å²) in [6, 6.07) is 17.9. The molecule has 3 rings (SSSR count). The van der Waals surface area contributed by atoms with Gasteiger partial charge in [0.25, 0.3) is 5.91 Å². The maximum atomic E-state index is 12.5. The van der Waals surface area contributed by atoms with E-state index in [2.05, 4.69) is 22.4 Å². The van der Waals surface area contributed by atoms with E-state index in [1.165, 1.54) is 0 Å². The Hall–Kier alpha value is -2.43. The summed E-state index contributed by atoms with van der Waals surface area (Å²) in [5, 5.41) is 3.95. The standard InChI is InChI=1S/C20H21N3O.ClH/c1-23(2)14-13-22-20(24)18-10-6-9-17-16(11-12-21-19(17)18)15-7-4-3-5-8-15;/h3-12H,13-14H2,1-2H3,(H,22,24);1H. The second kappa shape index (κ2) is 8.60. The molecule has 0 saturated carbocycles. The van der Waals surface area contributed by atoms with Crippen LogP contribution in [0.4, 0.5) is 0 Å². The molecule has 1 heterocycles. The van der Waals surface area contributed by atoms with Gasteiger partial charge >= 0.3 is 0 Å². The minimum atomic E-state index is -0.0832. The molecule has 0 atom stereocenters. The average molecular weight is 356 g/mol. The van der Waals surface area contributed by atoms with E-state index in [0.717, 1.165) is 28.6 Å². The van der Waals surface area contributed by atoms with Crippen LogP contribution in [0.1, 0.15) is 10.4 Å². The normalized spacial score (nSPS) is 10.5. The first-order chi connectivity index (χ1) is 11.7. The zero-order chi connectivity index (χ0) is 16.9. The Morgan fingerprint density at radius 1 is 1.04 bits per heavy atom. The van der Waals surface area contributed by atoms with Crippen molar-refractivity contribution in [3.05, 3.63) is 66.4 Å². The van der Waals surface area contributed by atoms with Crippen LogP contribution in [0.2, 0.25) is 0 Å². The molecule has 0 aliphatic rings. The first kappa shape index (κ1) is 18.9. The second-order valence-corrected chi connectivity index (χ2v) is 5.99. The molecule has 5 heteroatoms. The van der Waals surface area contributed by atoms with E-state index >= 15 is 0 Å². The van der Waals surface area contributed by atoms with Crippen molar-refractivity contribution >= 4 is 29.2 Å². The molecule has 2 aromatic carbocycles. The van der Waals surface area contributed by atoms with Crippen LogP contribution in [0.25, 0.3) is 22.0 Å². The van der Waals surface area contributed by atoms with Crippen molar-refractivity contribution in [3.63, 3.8) is 0 Å². The summed E-state index contributed by atoms with van der Waals surface area (Å²) < 4.78 is 0. The summed E-state index contributed by atoms with van der Waals surface area (Å²) in [6.45, 7) is 1.42. The van der Waals surface area contributed by atoms with Crippen molar-refractivity contribution in [2.24, 2.45) is 0 Å². The highest BCUT2D eigenvalue weighted by atomic mass is 35.5. The Bertz CT molecular complexity index is 850. The SMILES string of the molecule is CN(C)CCNC(=O)c1cccc2c(-c3ccccc3)ccnc12.Cl. The summed E-state index contributed by atoms with van der Waals surface area (Å²) in [7, 11) is 3.97. The van der Waals surface area contributed by atoms with Gasteiger partial charge in [0, 0.05) is 24.7 Å². The lowest BCUT2D eigenvalue weighted by atomic mass is 9.99. The summed E-state index contributed by atoms with van der Waals surface area (Å²) >= 11 is 0. The average Bonchev–Trinajstić information content (AvgIpc) is 2.61. The number of carbonyl (C=O) groups is 1. The van der Waals surface area contributed by atoms with E-state index in [-0.39, 0.29) is 18.3 Å². The minimum Gasteiger partial charge on any atom is -0.351 e. The van der Waals surface area contributed by atoms with Crippen molar-refractivity contribution < 1.29 is 4.79 Å². The van der Waals surface area contributed by atoms with Crippen LogP contribution >= 0.6 is 12.4 Å². The van der Waals surface area contributed by atoms with Gasteiger partial charge in [-0.05, 0) is 37.4 Å². The molecule has 0 aliphatic heterocycles. The number of para-hydroxylation sites is 1. The van der Waals surface area contributed by atoms with Crippen LogP contribution < -0.4 is 5.32 Å². The Labute approximate surface area is 154 Å². The zero-order valence-electron chi connectivity index (χ0n) is 14.4. The number of amides is 1. The molecule has 1 N–H and O–H groups in total. The van der Waals surface area contributed by atoms with Crippen molar-refractivity contribution in [3.8, 4) is 11.1 Å². The van der Waals surface area contributed by atoms with Crippen LogP contribution in [0.3, 0.4) is 0 Å². The van der Waals surface area contributed by atoms with Crippen molar-refractivity contribution in [2.45, 2.75) is 0 Å². The molecule has 4 nitrogen and oxygen atoms in total. The van der Waals surface area contributed by atoms with Gasteiger partial charge in [0.05, 0.1) is 11.1 Å². The van der Waals surface area contributed by atoms with Gasteiger partial charge < -0.3 is 10.2 Å². The lowest BCUT2D eigenvalue weighted by molar-refractivity contribution is 0.0952. The van der Waals surface area contributed by atoms with Crippen LogP contribution in [0.15, 0.2) is 60.8 Å². The Morgan fingerprint density at radius 2 is 1.80 bits per heavy atom. The first-order valence-electron chi connectivity index (χ1n) is 8.03. The summed E-state index contributed by atoms with van der Waals surface area (Å²) in [4.78, 5) is 19.0. The molecule has 0 bridgehead atoms. The van der Waals surface area contributed by atoms with E-state index in [0.29, 0.717) is 12.1 Å². The number of benzene rings is 2. The van der Waals surface area contributed by atoms with E-state index < -0.39 is 0 Å². The number of hydrogen-bond donors (Lipinski definition) is 1. The molecular formula is C20H22ClN3O. The van der Waals surface area contributed by atoms with Gasteiger partial charge in [-0.15, -0.1) is 12.4 Å². The molecule has 3 aromatic rings. The van der Waals surface area contributed by atoms with Crippen LogP contribution in [0.5, 0.6) is 0 Å². The first-order valence-corrected chi connectivity index (χ1v) is 8.03. The fourth-order valence-corrected chi connectivity index (χ4v) is 2.72. The molecule has 1 aromatic heterocycles. The van der Waals surface area contributed by atoms with E-state index in [4.69, 9.17) is 0 Å². The monoisotopic (exact) mass is 355 g/mol. The van der Waals surface area contributed by atoms with E-state index in [9.17, 15) is 4.79 Å². The minimum absolute atomic E-state index is 0. The fraction of sp³-hybridized carbons (Fsp3) is 0.200. The van der Waals surface area contributed by atoms with E-state index in [1.807, 2.05) is 61.5 Å². The number of nitrogens with zero attached hydrogens (tertiary/aromatic N) is 2. The lowest BCUT2D eigenvalue weighted by Crippen LogP contribution is -2.31. The highest BCUT2D eigenvalue weighted by Gasteiger charge is 2.13. The topological polar surface area (TPSA) is 45.2 Å². The Morgan fingerprint density at radius 3 is 2.52 bits per heavy atom. The third kappa shape index (κ3) is 4.35. The van der Waals surface area contributed by atoms with Gasteiger partial charge in [-0.1, -0.05) is 42.5 Å². The van der Waals surface area contributed by atoms with Crippen LogP contribution in [-0.4, -0.2) is 43.0 Å². The molecular weight excluding hydrogens is 334 g/mol. The van der Waals surface area contributed by atoms with Crippen molar-refractivity contribution in [1.82, 2.24) is 15.2 Å². The highest BCUT2D eigenvalue weighted by molar-refractivity contribution is 6.08. The van der Waals surface area contributed by atoms with E-state index in [1.54, 1.807) is 6.20 Å². The third-order valence-electron chi connectivity index (χ3n) is 3.95. The van der Waals surface area contributed by atoms with Gasteiger partial charge in [-0.25, -0.2) is 0 Å². The number of nitrogens with one attached hydrogen (secondary N) is 1. The number of aromatic nitrogens is 1. The van der Waals surface area contributed by atoms with Crippen LogP contribution in [-0.2, 0) is 0 Å². The van der Waals surface area contributed by atoms with Gasteiger partial charge in [0.2, 0.25) is 0 Å². The van der Waals surface area contributed by atoms with Gasteiger partial charge in [0.15, 0.2) is 0 Å². The predicted octanol–water partition coefficient (Wildman–Crippen LogP) is 3.62. The molecule has 1 amide bonds. The van der Waals surface area contributed by atoms with Crippen molar-refractivity contribution in [2.75, 3.05) is 27.2 Å². The number of fused-ring (bicyclic) bond motifs is 1. The summed E-state index contributed by atoms with van der Waals surface area (Å²) in [5.74, 6) is -0.0832. The number of likely N-dealkylation sites (N-methyl/N-ethyl adjacent to an activating group) is 1. The molecule has 25 heavy (non-hydrogen) atoms. The van der Waals surface area contributed by atoms with Crippen molar-refractivity contribution in [1.29, 1.82) is 0 Å². The number of hydrogen-bond acceptors (Lipinski definition) is 3. The zero-order valence-corrected chi connectivity index (χ0v) is 15.2. The van der Waals surface area contributed by atoms with Gasteiger partial charge in [-0.2, -0.15) is 0 Å². The number of halogens is 1. The maximum absolute atomic E-state index is 12.5. The number of rotatable bonds is 5. The molecule has 0 fully saturated rings. The molecule has 0 radical (unpaired) electrons. The second-order valence-electron chi connectivity index (χ2n) is 5.99. The summed E-state index contributed by atoms with van der Waals surface area (Å²) in [6.07, 6.45) is 1.77. The van der Waals surface area contributed by atoms with Crippen LogP contribution in [0, 0.1) is 0 Å². The van der Waals surface area contributed by atoms with Gasteiger partial charge in [-0.3, -0.25) is 9.78 Å². The number of carbonyl (C=O) groups excluding carboxylic acids is 1. The highest BCUT2D eigenvalue weighted by Crippen LogP contribution is 2.28. The summed E-state index contributed by atoms with van der Waals surface area (Å²) in [5.41, 5.74) is 3.56. The Balaban J connectivity index is 0.00000225. The predicted molar refractivity (Wildman–Crippen MR) is 105 cm³/mol. The smallest absolute Gasteiger partial charge is 0.253 e. The quantitative estimate of drug-likeness (QED) is 0.760.